The molecule has 1 heterocycles. The van der Waals surface area contributed by atoms with E-state index in [-0.39, 0.29) is 11.4 Å². The average molecular weight is 276 g/mol. The third kappa shape index (κ3) is 3.56. The van der Waals surface area contributed by atoms with E-state index in [4.69, 9.17) is 15.7 Å². The van der Waals surface area contributed by atoms with Crippen LogP contribution in [0.5, 0.6) is 0 Å². The molecule has 0 saturated carbocycles. The number of oxime groups is 1. The SMILES string of the molecule is N/C(=N\OCc1cccs1)c1ccc(C(=O)O)cc1. The van der Waals surface area contributed by atoms with Crippen LogP contribution < -0.4 is 5.73 Å². The maximum absolute atomic E-state index is 10.7. The van der Waals surface area contributed by atoms with Crippen molar-refractivity contribution in [3.05, 3.63) is 57.8 Å². The summed E-state index contributed by atoms with van der Waals surface area (Å²) in [5.74, 6) is -0.760. The molecule has 19 heavy (non-hydrogen) atoms. The summed E-state index contributed by atoms with van der Waals surface area (Å²) >= 11 is 1.58. The first kappa shape index (κ1) is 13.1. The normalized spacial score (nSPS) is 11.3. The number of amidine groups is 1. The van der Waals surface area contributed by atoms with Crippen molar-refractivity contribution >= 4 is 23.1 Å². The number of hydrogen-bond donors (Lipinski definition) is 2. The lowest BCUT2D eigenvalue weighted by atomic mass is 10.1. The number of nitrogens with zero attached hydrogens (tertiary/aromatic N) is 1. The summed E-state index contributed by atoms with van der Waals surface area (Å²) in [5, 5.41) is 14.5. The molecule has 0 radical (unpaired) electrons. The number of thiophene rings is 1. The minimum absolute atomic E-state index is 0.205. The van der Waals surface area contributed by atoms with Gasteiger partial charge in [0, 0.05) is 10.4 Å². The predicted molar refractivity (Wildman–Crippen MR) is 73.2 cm³/mol. The van der Waals surface area contributed by atoms with Crippen LogP contribution in [0.25, 0.3) is 0 Å². The van der Waals surface area contributed by atoms with E-state index < -0.39 is 5.97 Å². The van der Waals surface area contributed by atoms with E-state index in [1.165, 1.54) is 12.1 Å². The van der Waals surface area contributed by atoms with Gasteiger partial charge in [-0.05, 0) is 23.6 Å². The minimum atomic E-state index is -0.976. The van der Waals surface area contributed by atoms with Gasteiger partial charge in [0.1, 0.15) is 0 Å². The number of carboxylic acids is 1. The molecule has 3 N–H and O–H groups in total. The molecule has 2 aromatic rings. The van der Waals surface area contributed by atoms with Crippen LogP contribution in [0.3, 0.4) is 0 Å². The lowest BCUT2D eigenvalue weighted by molar-refractivity contribution is 0.0697. The highest BCUT2D eigenvalue weighted by Gasteiger charge is 2.04. The zero-order valence-corrected chi connectivity index (χ0v) is 10.8. The Kier molecular flexibility index (Phi) is 4.15. The molecule has 0 atom stereocenters. The molecule has 5 nitrogen and oxygen atoms in total. The van der Waals surface area contributed by atoms with Gasteiger partial charge >= 0.3 is 5.97 Å². The van der Waals surface area contributed by atoms with Crippen LogP contribution in [-0.2, 0) is 11.4 Å². The fourth-order valence-electron chi connectivity index (χ4n) is 1.40. The van der Waals surface area contributed by atoms with E-state index in [0.29, 0.717) is 12.2 Å². The van der Waals surface area contributed by atoms with E-state index in [1.807, 2.05) is 17.5 Å². The quantitative estimate of drug-likeness (QED) is 0.498. The van der Waals surface area contributed by atoms with E-state index >= 15 is 0 Å². The smallest absolute Gasteiger partial charge is 0.335 e. The highest BCUT2D eigenvalue weighted by atomic mass is 32.1. The first-order valence-electron chi connectivity index (χ1n) is 5.48. The fourth-order valence-corrected chi connectivity index (χ4v) is 2.01. The van der Waals surface area contributed by atoms with Gasteiger partial charge < -0.3 is 15.7 Å². The van der Waals surface area contributed by atoms with Crippen LogP contribution in [0, 0.1) is 0 Å². The number of nitrogens with two attached hydrogens (primary N) is 1. The minimum Gasteiger partial charge on any atom is -0.478 e. The summed E-state index contributed by atoms with van der Waals surface area (Å²) in [6.45, 7) is 0.367. The highest BCUT2D eigenvalue weighted by Crippen LogP contribution is 2.10. The molecular weight excluding hydrogens is 264 g/mol. The van der Waals surface area contributed by atoms with Gasteiger partial charge in [0.15, 0.2) is 12.4 Å². The van der Waals surface area contributed by atoms with Gasteiger partial charge in [-0.2, -0.15) is 0 Å². The van der Waals surface area contributed by atoms with Crippen molar-refractivity contribution in [2.45, 2.75) is 6.61 Å². The van der Waals surface area contributed by atoms with Crippen molar-refractivity contribution in [1.82, 2.24) is 0 Å². The maximum Gasteiger partial charge on any atom is 0.335 e. The Morgan fingerprint density at radius 3 is 2.53 bits per heavy atom. The Labute approximate surface area is 113 Å². The molecule has 0 aliphatic rings. The standard InChI is InChI=1S/C13H12N2O3S/c14-12(15-18-8-11-2-1-7-19-11)9-3-5-10(6-4-9)13(16)17/h1-7H,8H2,(H2,14,15)(H,16,17). The van der Waals surface area contributed by atoms with Gasteiger partial charge in [0.05, 0.1) is 5.56 Å². The molecule has 1 aromatic carbocycles. The molecule has 0 bridgehead atoms. The molecule has 6 heteroatoms. The Hall–Kier alpha value is -2.34. The van der Waals surface area contributed by atoms with Crippen LogP contribution in [0.4, 0.5) is 0 Å². The van der Waals surface area contributed by atoms with Gasteiger partial charge in [-0.25, -0.2) is 4.79 Å². The number of carboxylic acid groups (broad SMARTS) is 1. The van der Waals surface area contributed by atoms with Gasteiger partial charge in [0.2, 0.25) is 0 Å². The van der Waals surface area contributed by atoms with E-state index in [0.717, 1.165) is 4.88 Å². The molecule has 0 aliphatic carbocycles. The molecule has 1 aromatic heterocycles. The Morgan fingerprint density at radius 2 is 1.95 bits per heavy atom. The van der Waals surface area contributed by atoms with Gasteiger partial charge in [-0.3, -0.25) is 0 Å². The molecule has 0 spiro atoms. The van der Waals surface area contributed by atoms with Crippen molar-refractivity contribution in [2.24, 2.45) is 10.9 Å². The fraction of sp³-hybridized carbons (Fsp3) is 0.0769. The van der Waals surface area contributed by atoms with Gasteiger partial charge in [0.25, 0.3) is 0 Å². The first-order valence-corrected chi connectivity index (χ1v) is 6.36. The Bertz CT molecular complexity index is 576. The second-order valence-electron chi connectivity index (χ2n) is 3.71. The van der Waals surface area contributed by atoms with Crippen LogP contribution in [0.15, 0.2) is 46.9 Å². The Morgan fingerprint density at radius 1 is 1.26 bits per heavy atom. The van der Waals surface area contributed by atoms with Crippen LogP contribution in [0.2, 0.25) is 0 Å². The van der Waals surface area contributed by atoms with Crippen molar-refractivity contribution in [3.8, 4) is 0 Å². The average Bonchev–Trinajstić information content (AvgIpc) is 2.92. The van der Waals surface area contributed by atoms with Crippen molar-refractivity contribution in [2.75, 3.05) is 0 Å². The van der Waals surface area contributed by atoms with E-state index in [2.05, 4.69) is 5.16 Å². The zero-order valence-electron chi connectivity index (χ0n) is 9.95. The molecular formula is C13H12N2O3S. The van der Waals surface area contributed by atoms with Gasteiger partial charge in [-0.15, -0.1) is 11.3 Å². The molecule has 0 unspecified atom stereocenters. The monoisotopic (exact) mass is 276 g/mol. The zero-order chi connectivity index (χ0) is 13.7. The first-order chi connectivity index (χ1) is 9.16. The number of carbonyl (C=O) groups is 1. The van der Waals surface area contributed by atoms with Crippen LogP contribution >= 0.6 is 11.3 Å². The molecule has 98 valence electrons. The lowest BCUT2D eigenvalue weighted by Gasteiger charge is -2.02. The van der Waals surface area contributed by atoms with Crippen LogP contribution in [0.1, 0.15) is 20.8 Å². The second-order valence-corrected chi connectivity index (χ2v) is 4.74. The molecule has 0 aliphatic heterocycles. The van der Waals surface area contributed by atoms with Crippen LogP contribution in [-0.4, -0.2) is 16.9 Å². The van der Waals surface area contributed by atoms with E-state index in [9.17, 15) is 4.79 Å². The summed E-state index contributed by atoms with van der Waals surface area (Å²) in [5.41, 5.74) is 6.57. The summed E-state index contributed by atoms with van der Waals surface area (Å²) in [6.07, 6.45) is 0. The number of rotatable bonds is 5. The Balaban J connectivity index is 1.98. The summed E-state index contributed by atoms with van der Waals surface area (Å²) in [7, 11) is 0. The molecule has 0 saturated heterocycles. The molecule has 0 fully saturated rings. The largest absolute Gasteiger partial charge is 0.478 e. The highest BCUT2D eigenvalue weighted by molar-refractivity contribution is 7.09. The molecule has 2 rings (SSSR count). The summed E-state index contributed by atoms with van der Waals surface area (Å²) < 4.78 is 0. The number of aromatic carboxylic acids is 1. The van der Waals surface area contributed by atoms with Crippen molar-refractivity contribution in [3.63, 3.8) is 0 Å². The van der Waals surface area contributed by atoms with Crippen molar-refractivity contribution in [1.29, 1.82) is 0 Å². The summed E-state index contributed by atoms with van der Waals surface area (Å²) in [4.78, 5) is 16.9. The van der Waals surface area contributed by atoms with Gasteiger partial charge in [-0.1, -0.05) is 23.4 Å². The second kappa shape index (κ2) is 6.01. The third-order valence-electron chi connectivity index (χ3n) is 2.38. The number of hydrogen-bond acceptors (Lipinski definition) is 4. The maximum atomic E-state index is 10.7. The lowest BCUT2D eigenvalue weighted by Crippen LogP contribution is -2.14. The van der Waals surface area contributed by atoms with E-state index in [1.54, 1.807) is 23.5 Å². The third-order valence-corrected chi connectivity index (χ3v) is 3.23. The van der Waals surface area contributed by atoms with Crippen molar-refractivity contribution < 1.29 is 14.7 Å². The predicted octanol–water partition coefficient (Wildman–Crippen LogP) is 2.28. The molecule has 0 amide bonds. The number of benzene rings is 1. The summed E-state index contributed by atoms with van der Waals surface area (Å²) in [6, 6.07) is 10.0. The topological polar surface area (TPSA) is 84.9 Å².